The van der Waals surface area contributed by atoms with E-state index in [1.807, 2.05) is 0 Å². The van der Waals surface area contributed by atoms with Crippen molar-refractivity contribution in [3.05, 3.63) is 65.5 Å². The van der Waals surface area contributed by atoms with E-state index in [1.165, 1.54) is 42.5 Å². The molecule has 0 aliphatic carbocycles. The lowest BCUT2D eigenvalue weighted by molar-refractivity contribution is -0.119. The fourth-order valence-electron chi connectivity index (χ4n) is 1.94. The van der Waals surface area contributed by atoms with Gasteiger partial charge in [-0.25, -0.2) is 14.0 Å². The SMILES string of the molecule is CCOC(=O)c1ccc(NC(=O)COC(=O)c2ccccc2F)cc1. The van der Waals surface area contributed by atoms with Crippen LogP contribution >= 0.6 is 0 Å². The lowest BCUT2D eigenvalue weighted by Gasteiger charge is -2.08. The van der Waals surface area contributed by atoms with Crippen LogP contribution < -0.4 is 5.32 Å². The van der Waals surface area contributed by atoms with Crippen molar-refractivity contribution in [2.45, 2.75) is 6.92 Å². The summed E-state index contributed by atoms with van der Waals surface area (Å²) in [6, 6.07) is 11.4. The summed E-state index contributed by atoms with van der Waals surface area (Å²) in [5, 5.41) is 2.50. The molecule has 0 heterocycles. The van der Waals surface area contributed by atoms with Crippen LogP contribution in [0.5, 0.6) is 0 Å². The summed E-state index contributed by atoms with van der Waals surface area (Å²) in [7, 11) is 0. The topological polar surface area (TPSA) is 81.7 Å². The van der Waals surface area contributed by atoms with Gasteiger partial charge < -0.3 is 14.8 Å². The van der Waals surface area contributed by atoms with Crippen LogP contribution in [0, 0.1) is 5.82 Å². The van der Waals surface area contributed by atoms with Gasteiger partial charge in [-0.3, -0.25) is 4.79 Å². The number of ether oxygens (including phenoxy) is 2. The molecule has 2 aromatic carbocycles. The molecule has 2 rings (SSSR count). The second-order valence-corrected chi connectivity index (χ2v) is 4.90. The van der Waals surface area contributed by atoms with Gasteiger partial charge >= 0.3 is 11.9 Å². The molecule has 0 bridgehead atoms. The molecule has 0 saturated carbocycles. The van der Waals surface area contributed by atoms with Gasteiger partial charge in [0.05, 0.1) is 17.7 Å². The first-order chi connectivity index (χ1) is 12.0. The van der Waals surface area contributed by atoms with Crippen LogP contribution in [0.3, 0.4) is 0 Å². The Morgan fingerprint density at radius 1 is 0.960 bits per heavy atom. The van der Waals surface area contributed by atoms with Gasteiger partial charge in [0.1, 0.15) is 5.82 Å². The Kier molecular flexibility index (Phi) is 6.22. The van der Waals surface area contributed by atoms with E-state index in [2.05, 4.69) is 5.32 Å². The van der Waals surface area contributed by atoms with Crippen LogP contribution in [0.25, 0.3) is 0 Å². The molecule has 0 aliphatic rings. The zero-order valence-corrected chi connectivity index (χ0v) is 13.5. The number of anilines is 1. The van der Waals surface area contributed by atoms with Gasteiger partial charge in [0.2, 0.25) is 0 Å². The summed E-state index contributed by atoms with van der Waals surface area (Å²) in [5.74, 6) is -2.69. The number of benzene rings is 2. The highest BCUT2D eigenvalue weighted by Crippen LogP contribution is 2.11. The third kappa shape index (κ3) is 5.13. The van der Waals surface area contributed by atoms with E-state index in [-0.39, 0.29) is 12.2 Å². The first-order valence-corrected chi connectivity index (χ1v) is 7.50. The van der Waals surface area contributed by atoms with Crippen molar-refractivity contribution in [1.29, 1.82) is 0 Å². The highest BCUT2D eigenvalue weighted by atomic mass is 19.1. The molecule has 0 spiro atoms. The number of carbonyl (C=O) groups excluding carboxylic acids is 3. The Morgan fingerprint density at radius 3 is 2.28 bits per heavy atom. The zero-order chi connectivity index (χ0) is 18.2. The Morgan fingerprint density at radius 2 is 1.64 bits per heavy atom. The summed E-state index contributed by atoms with van der Waals surface area (Å²) in [6.45, 7) is 1.41. The molecule has 0 aliphatic heterocycles. The minimum Gasteiger partial charge on any atom is -0.462 e. The van der Waals surface area contributed by atoms with Crippen molar-refractivity contribution < 1.29 is 28.2 Å². The van der Waals surface area contributed by atoms with Gasteiger partial charge in [-0.15, -0.1) is 0 Å². The molecule has 0 unspecified atom stereocenters. The van der Waals surface area contributed by atoms with E-state index in [9.17, 15) is 18.8 Å². The summed E-state index contributed by atoms with van der Waals surface area (Å²) in [6.07, 6.45) is 0. The van der Waals surface area contributed by atoms with Gasteiger partial charge in [0.15, 0.2) is 6.61 Å². The Hall–Kier alpha value is -3.22. The fraction of sp³-hybridized carbons (Fsp3) is 0.167. The number of hydrogen-bond acceptors (Lipinski definition) is 5. The average molecular weight is 345 g/mol. The average Bonchev–Trinajstić information content (AvgIpc) is 2.61. The smallest absolute Gasteiger partial charge is 0.341 e. The lowest BCUT2D eigenvalue weighted by atomic mass is 10.2. The van der Waals surface area contributed by atoms with E-state index in [4.69, 9.17) is 9.47 Å². The summed E-state index contributed by atoms with van der Waals surface area (Å²) in [4.78, 5) is 35.0. The first-order valence-electron chi connectivity index (χ1n) is 7.50. The first kappa shape index (κ1) is 18.1. The van der Waals surface area contributed by atoms with E-state index in [0.717, 1.165) is 6.07 Å². The molecule has 2 aromatic rings. The molecule has 0 aromatic heterocycles. The predicted molar refractivity (Wildman–Crippen MR) is 87.7 cm³/mol. The van der Waals surface area contributed by atoms with E-state index >= 15 is 0 Å². The Labute approximate surface area is 143 Å². The number of nitrogens with one attached hydrogen (secondary N) is 1. The van der Waals surface area contributed by atoms with Crippen LogP contribution in [-0.2, 0) is 14.3 Å². The maximum Gasteiger partial charge on any atom is 0.341 e. The maximum absolute atomic E-state index is 13.4. The molecule has 130 valence electrons. The third-order valence-electron chi connectivity index (χ3n) is 3.11. The van der Waals surface area contributed by atoms with Crippen molar-refractivity contribution in [2.75, 3.05) is 18.5 Å². The van der Waals surface area contributed by atoms with E-state index in [1.54, 1.807) is 6.92 Å². The van der Waals surface area contributed by atoms with Crippen molar-refractivity contribution in [2.24, 2.45) is 0 Å². The number of rotatable bonds is 6. The highest BCUT2D eigenvalue weighted by Gasteiger charge is 2.14. The maximum atomic E-state index is 13.4. The standard InChI is InChI=1S/C18H16FNO5/c1-2-24-17(22)12-7-9-13(10-8-12)20-16(21)11-25-18(23)14-5-3-4-6-15(14)19/h3-10H,2,11H2,1H3,(H,20,21). The molecule has 0 fully saturated rings. The molecular formula is C18H16FNO5. The molecule has 25 heavy (non-hydrogen) atoms. The minimum absolute atomic E-state index is 0.242. The molecule has 0 saturated heterocycles. The van der Waals surface area contributed by atoms with E-state index < -0.39 is 30.3 Å². The summed E-state index contributed by atoms with van der Waals surface area (Å²) in [5.41, 5.74) is 0.528. The van der Waals surface area contributed by atoms with Gasteiger partial charge in [-0.2, -0.15) is 0 Å². The largest absolute Gasteiger partial charge is 0.462 e. The normalized spacial score (nSPS) is 10.0. The van der Waals surface area contributed by atoms with Gasteiger partial charge in [-0.1, -0.05) is 12.1 Å². The second kappa shape index (κ2) is 8.58. The number of halogens is 1. The zero-order valence-electron chi connectivity index (χ0n) is 13.5. The number of amides is 1. The Balaban J connectivity index is 1.87. The van der Waals surface area contributed by atoms with Crippen LogP contribution in [0.4, 0.5) is 10.1 Å². The molecular weight excluding hydrogens is 329 g/mol. The van der Waals surface area contributed by atoms with Crippen LogP contribution in [0.1, 0.15) is 27.6 Å². The second-order valence-electron chi connectivity index (χ2n) is 4.90. The van der Waals surface area contributed by atoms with Crippen molar-refractivity contribution in [1.82, 2.24) is 0 Å². The minimum atomic E-state index is -0.925. The number of carbonyl (C=O) groups is 3. The fourth-order valence-corrected chi connectivity index (χ4v) is 1.94. The van der Waals surface area contributed by atoms with Gasteiger partial charge in [0.25, 0.3) is 5.91 Å². The molecule has 6 nitrogen and oxygen atoms in total. The number of esters is 2. The monoisotopic (exact) mass is 345 g/mol. The van der Waals surface area contributed by atoms with Crippen molar-refractivity contribution in [3.8, 4) is 0 Å². The Bertz CT molecular complexity index is 773. The van der Waals surface area contributed by atoms with E-state index in [0.29, 0.717) is 11.3 Å². The highest BCUT2D eigenvalue weighted by molar-refractivity contribution is 5.96. The molecule has 1 N–H and O–H groups in total. The van der Waals surface area contributed by atoms with Crippen LogP contribution in [0.15, 0.2) is 48.5 Å². The molecule has 1 amide bonds. The molecule has 7 heteroatoms. The third-order valence-corrected chi connectivity index (χ3v) is 3.11. The van der Waals surface area contributed by atoms with Gasteiger partial charge in [-0.05, 0) is 43.3 Å². The van der Waals surface area contributed by atoms with Crippen LogP contribution in [0.2, 0.25) is 0 Å². The van der Waals surface area contributed by atoms with Crippen LogP contribution in [-0.4, -0.2) is 31.1 Å². The summed E-state index contributed by atoms with van der Waals surface area (Å²) >= 11 is 0. The lowest BCUT2D eigenvalue weighted by Crippen LogP contribution is -2.21. The molecule has 0 atom stereocenters. The van der Waals surface area contributed by atoms with Crippen molar-refractivity contribution >= 4 is 23.5 Å². The summed E-state index contributed by atoms with van der Waals surface area (Å²) < 4.78 is 23.1. The molecule has 0 radical (unpaired) electrons. The quantitative estimate of drug-likeness (QED) is 0.814. The predicted octanol–water partition coefficient (Wildman–Crippen LogP) is 2.80. The number of hydrogen-bond donors (Lipinski definition) is 1. The van der Waals surface area contributed by atoms with Crippen molar-refractivity contribution in [3.63, 3.8) is 0 Å². The van der Waals surface area contributed by atoms with Gasteiger partial charge in [0, 0.05) is 5.69 Å².